The second-order valence-corrected chi connectivity index (χ2v) is 4.36. The summed E-state index contributed by atoms with van der Waals surface area (Å²) in [6, 6.07) is -0.0999. The Morgan fingerprint density at radius 3 is 2.88 bits per heavy atom. The van der Waals surface area contributed by atoms with E-state index in [1.165, 1.54) is 4.90 Å². The van der Waals surface area contributed by atoms with Crippen LogP contribution in [0.1, 0.15) is 19.2 Å². The molecule has 0 unspecified atom stereocenters. The maximum absolute atomic E-state index is 11.3. The number of carbonyl (C=O) groups excluding carboxylic acids is 1. The SMILES string of the molecule is CCCc1n[nH]c(=S)n1CCNC(=O)N(C)C. The van der Waals surface area contributed by atoms with Crippen molar-refractivity contribution in [1.82, 2.24) is 25.0 Å². The quantitative estimate of drug-likeness (QED) is 0.778. The van der Waals surface area contributed by atoms with Crippen LogP contribution in [0.5, 0.6) is 0 Å². The van der Waals surface area contributed by atoms with Gasteiger partial charge >= 0.3 is 6.03 Å². The molecule has 0 saturated carbocycles. The molecule has 0 aliphatic carbocycles. The third kappa shape index (κ3) is 3.85. The lowest BCUT2D eigenvalue weighted by Crippen LogP contribution is -2.36. The Morgan fingerprint density at radius 2 is 2.29 bits per heavy atom. The normalized spacial score (nSPS) is 10.3. The number of carbonyl (C=O) groups is 1. The molecule has 0 aromatic carbocycles. The summed E-state index contributed by atoms with van der Waals surface area (Å²) in [5.41, 5.74) is 0. The zero-order valence-corrected chi connectivity index (χ0v) is 11.3. The molecule has 0 atom stereocenters. The molecule has 6 nitrogen and oxygen atoms in total. The zero-order valence-electron chi connectivity index (χ0n) is 10.5. The first-order chi connectivity index (χ1) is 8.06. The average Bonchev–Trinajstić information content (AvgIpc) is 2.61. The molecule has 0 aliphatic heterocycles. The van der Waals surface area contributed by atoms with Gasteiger partial charge in [-0.3, -0.25) is 5.10 Å². The molecular weight excluding hydrogens is 238 g/mol. The topological polar surface area (TPSA) is 66.0 Å². The van der Waals surface area contributed by atoms with Gasteiger partial charge < -0.3 is 14.8 Å². The van der Waals surface area contributed by atoms with Crippen molar-refractivity contribution in [2.24, 2.45) is 0 Å². The number of rotatable bonds is 5. The van der Waals surface area contributed by atoms with Gasteiger partial charge in [-0.15, -0.1) is 0 Å². The van der Waals surface area contributed by atoms with Crippen molar-refractivity contribution in [2.75, 3.05) is 20.6 Å². The molecular formula is C10H19N5OS. The first kappa shape index (κ1) is 13.7. The van der Waals surface area contributed by atoms with Crippen LogP contribution >= 0.6 is 12.2 Å². The number of nitrogens with one attached hydrogen (secondary N) is 2. The fraction of sp³-hybridized carbons (Fsp3) is 0.700. The van der Waals surface area contributed by atoms with E-state index < -0.39 is 0 Å². The lowest BCUT2D eigenvalue weighted by atomic mass is 10.3. The molecule has 0 spiro atoms. The van der Waals surface area contributed by atoms with Gasteiger partial charge in [-0.25, -0.2) is 4.79 Å². The predicted molar refractivity (Wildman–Crippen MR) is 68.5 cm³/mol. The third-order valence-corrected chi connectivity index (χ3v) is 2.64. The fourth-order valence-electron chi connectivity index (χ4n) is 1.43. The van der Waals surface area contributed by atoms with E-state index in [1.54, 1.807) is 14.1 Å². The summed E-state index contributed by atoms with van der Waals surface area (Å²) in [7, 11) is 3.42. The van der Waals surface area contributed by atoms with Crippen molar-refractivity contribution in [1.29, 1.82) is 0 Å². The Bertz CT molecular complexity index is 423. The minimum Gasteiger partial charge on any atom is -0.336 e. The van der Waals surface area contributed by atoms with Gasteiger partial charge in [0.15, 0.2) is 4.77 Å². The van der Waals surface area contributed by atoms with Crippen molar-refractivity contribution in [3.8, 4) is 0 Å². The molecule has 0 radical (unpaired) electrons. The highest BCUT2D eigenvalue weighted by atomic mass is 32.1. The number of H-pyrrole nitrogens is 1. The van der Waals surface area contributed by atoms with Gasteiger partial charge in [-0.2, -0.15) is 5.10 Å². The van der Waals surface area contributed by atoms with E-state index in [-0.39, 0.29) is 6.03 Å². The fourth-order valence-corrected chi connectivity index (χ4v) is 1.67. The number of aromatic nitrogens is 3. The zero-order chi connectivity index (χ0) is 12.8. The molecule has 17 heavy (non-hydrogen) atoms. The van der Waals surface area contributed by atoms with Crippen molar-refractivity contribution in [3.05, 3.63) is 10.6 Å². The first-order valence-electron chi connectivity index (χ1n) is 5.65. The van der Waals surface area contributed by atoms with E-state index in [9.17, 15) is 4.79 Å². The number of hydrogen-bond donors (Lipinski definition) is 2. The molecule has 1 aromatic heterocycles. The van der Waals surface area contributed by atoms with E-state index in [1.807, 2.05) is 4.57 Å². The van der Waals surface area contributed by atoms with Gasteiger partial charge in [0, 0.05) is 33.6 Å². The highest BCUT2D eigenvalue weighted by molar-refractivity contribution is 7.71. The minimum atomic E-state index is -0.0999. The lowest BCUT2D eigenvalue weighted by Gasteiger charge is -2.12. The van der Waals surface area contributed by atoms with Crippen molar-refractivity contribution < 1.29 is 4.79 Å². The van der Waals surface area contributed by atoms with Crippen LogP contribution in [0, 0.1) is 4.77 Å². The number of aryl methyl sites for hydroxylation is 1. The first-order valence-corrected chi connectivity index (χ1v) is 6.06. The Morgan fingerprint density at radius 1 is 1.59 bits per heavy atom. The van der Waals surface area contributed by atoms with E-state index >= 15 is 0 Å². The summed E-state index contributed by atoms with van der Waals surface area (Å²) in [6.07, 6.45) is 1.90. The summed E-state index contributed by atoms with van der Waals surface area (Å²) in [4.78, 5) is 12.8. The molecule has 1 aromatic rings. The largest absolute Gasteiger partial charge is 0.336 e. The van der Waals surface area contributed by atoms with Crippen LogP contribution in [0.3, 0.4) is 0 Å². The number of urea groups is 1. The van der Waals surface area contributed by atoms with Crippen LogP contribution in [-0.2, 0) is 13.0 Å². The maximum atomic E-state index is 11.3. The highest BCUT2D eigenvalue weighted by Crippen LogP contribution is 2.00. The van der Waals surface area contributed by atoms with Crippen LogP contribution < -0.4 is 5.32 Å². The summed E-state index contributed by atoms with van der Waals surface area (Å²) >= 11 is 5.14. The molecule has 96 valence electrons. The van der Waals surface area contributed by atoms with Gasteiger partial charge in [0.2, 0.25) is 0 Å². The number of aromatic amines is 1. The predicted octanol–water partition coefficient (Wildman–Crippen LogP) is 1.16. The molecule has 0 saturated heterocycles. The minimum absolute atomic E-state index is 0.0999. The third-order valence-electron chi connectivity index (χ3n) is 2.33. The van der Waals surface area contributed by atoms with E-state index in [0.29, 0.717) is 17.9 Å². The van der Waals surface area contributed by atoms with Gasteiger partial charge in [-0.05, 0) is 18.6 Å². The van der Waals surface area contributed by atoms with Crippen molar-refractivity contribution >= 4 is 18.2 Å². The standard InChI is InChI=1S/C10H19N5OS/c1-4-5-8-12-13-10(17)15(8)7-6-11-9(16)14(2)3/h4-7H2,1-3H3,(H,11,16)(H,13,17). The summed E-state index contributed by atoms with van der Waals surface area (Å²) < 4.78 is 2.53. The Hall–Kier alpha value is -1.37. The van der Waals surface area contributed by atoms with Crippen molar-refractivity contribution in [2.45, 2.75) is 26.3 Å². The summed E-state index contributed by atoms with van der Waals surface area (Å²) in [6.45, 7) is 3.28. The van der Waals surface area contributed by atoms with Gasteiger partial charge in [0.25, 0.3) is 0 Å². The molecule has 7 heteroatoms. The highest BCUT2D eigenvalue weighted by Gasteiger charge is 2.06. The van der Waals surface area contributed by atoms with Gasteiger partial charge in [0.05, 0.1) is 0 Å². The Kier molecular flexibility index (Phi) is 5.14. The van der Waals surface area contributed by atoms with Crippen LogP contribution in [0.25, 0.3) is 0 Å². The smallest absolute Gasteiger partial charge is 0.316 e. The van der Waals surface area contributed by atoms with Gasteiger partial charge in [0.1, 0.15) is 5.82 Å². The number of hydrogen-bond acceptors (Lipinski definition) is 3. The number of nitrogens with zero attached hydrogens (tertiary/aromatic N) is 3. The van der Waals surface area contributed by atoms with E-state index in [4.69, 9.17) is 12.2 Å². The van der Waals surface area contributed by atoms with Crippen LogP contribution in [0.2, 0.25) is 0 Å². The summed E-state index contributed by atoms with van der Waals surface area (Å²) in [5, 5.41) is 9.73. The monoisotopic (exact) mass is 257 g/mol. The molecule has 0 fully saturated rings. The Balaban J connectivity index is 2.54. The van der Waals surface area contributed by atoms with E-state index in [0.717, 1.165) is 18.7 Å². The second kappa shape index (κ2) is 6.39. The Labute approximate surface area is 106 Å². The molecule has 1 heterocycles. The molecule has 2 N–H and O–H groups in total. The van der Waals surface area contributed by atoms with Crippen LogP contribution in [-0.4, -0.2) is 46.3 Å². The second-order valence-electron chi connectivity index (χ2n) is 3.97. The summed E-state index contributed by atoms with van der Waals surface area (Å²) in [5.74, 6) is 0.941. The van der Waals surface area contributed by atoms with Crippen molar-refractivity contribution in [3.63, 3.8) is 0 Å². The average molecular weight is 257 g/mol. The molecule has 0 bridgehead atoms. The van der Waals surface area contributed by atoms with Crippen LogP contribution in [0.15, 0.2) is 0 Å². The molecule has 0 aliphatic rings. The molecule has 1 rings (SSSR count). The molecule has 2 amide bonds. The lowest BCUT2D eigenvalue weighted by molar-refractivity contribution is 0.217. The van der Waals surface area contributed by atoms with Gasteiger partial charge in [-0.1, -0.05) is 6.92 Å². The maximum Gasteiger partial charge on any atom is 0.316 e. The number of amides is 2. The van der Waals surface area contributed by atoms with Crippen LogP contribution in [0.4, 0.5) is 4.79 Å². The van der Waals surface area contributed by atoms with E-state index in [2.05, 4.69) is 22.4 Å².